The highest BCUT2D eigenvalue weighted by molar-refractivity contribution is 7.98. The molecular formula is C18H18O6S. The van der Waals surface area contributed by atoms with Gasteiger partial charge in [0.05, 0.1) is 11.5 Å². The van der Waals surface area contributed by atoms with E-state index in [9.17, 15) is 19.8 Å². The lowest BCUT2D eigenvalue weighted by Crippen LogP contribution is -2.31. The molecule has 0 bridgehead atoms. The summed E-state index contributed by atoms with van der Waals surface area (Å²) >= 11 is 1.27. The van der Waals surface area contributed by atoms with Gasteiger partial charge in [0.1, 0.15) is 12.4 Å². The number of carbonyl (C=O) groups is 2. The number of carboxylic acid groups (broad SMARTS) is 1. The Labute approximate surface area is 149 Å². The van der Waals surface area contributed by atoms with E-state index >= 15 is 0 Å². The van der Waals surface area contributed by atoms with Crippen LogP contribution in [0.4, 0.5) is 0 Å². The van der Waals surface area contributed by atoms with Crippen molar-refractivity contribution in [3.05, 3.63) is 65.2 Å². The zero-order chi connectivity index (χ0) is 18.3. The Morgan fingerprint density at radius 1 is 1.24 bits per heavy atom. The minimum absolute atomic E-state index is 0.000452. The van der Waals surface area contributed by atoms with Crippen LogP contribution in [0.5, 0.6) is 5.75 Å². The zero-order valence-corrected chi connectivity index (χ0v) is 14.4. The number of hydrogen-bond acceptors (Lipinski definition) is 6. The lowest BCUT2D eigenvalue weighted by atomic mass is 10.0. The molecule has 0 aromatic heterocycles. The van der Waals surface area contributed by atoms with Gasteiger partial charge in [-0.1, -0.05) is 30.3 Å². The van der Waals surface area contributed by atoms with Gasteiger partial charge in [0.15, 0.2) is 6.29 Å². The molecule has 6 nitrogen and oxygen atoms in total. The molecular weight excluding hydrogens is 344 g/mol. The van der Waals surface area contributed by atoms with Crippen LogP contribution >= 0.6 is 11.8 Å². The summed E-state index contributed by atoms with van der Waals surface area (Å²) in [6, 6.07) is 13.2. The summed E-state index contributed by atoms with van der Waals surface area (Å²) in [6.07, 6.45) is 1.97. The first kappa shape index (κ1) is 19.0. The Morgan fingerprint density at radius 3 is 2.56 bits per heavy atom. The lowest BCUT2D eigenvalue weighted by Gasteiger charge is -2.23. The molecule has 0 saturated carbocycles. The third-order valence-corrected chi connectivity index (χ3v) is 3.73. The average molecular weight is 362 g/mol. The normalized spacial score (nSPS) is 13.0. The second-order valence-electron chi connectivity index (χ2n) is 5.19. The fourth-order valence-electron chi connectivity index (χ4n) is 2.09. The fourth-order valence-corrected chi connectivity index (χ4v) is 2.39. The molecule has 0 amide bonds. The second kappa shape index (κ2) is 8.66. The zero-order valence-electron chi connectivity index (χ0n) is 13.5. The molecule has 1 atom stereocenters. The second-order valence-corrected chi connectivity index (χ2v) is 6.00. The predicted molar refractivity (Wildman–Crippen MR) is 93.6 cm³/mol. The number of hydrogen-bond donors (Lipinski definition) is 2. The van der Waals surface area contributed by atoms with Gasteiger partial charge in [-0.05, 0) is 30.0 Å². The summed E-state index contributed by atoms with van der Waals surface area (Å²) < 4.78 is 10.8. The molecule has 0 radical (unpaired) electrons. The maximum absolute atomic E-state index is 11.3. The molecule has 0 aliphatic carbocycles. The van der Waals surface area contributed by atoms with Gasteiger partial charge in [-0.2, -0.15) is 0 Å². The standard InChI is InChI=1S/C18H18O6S/c1-25-12-24-18(22,11-19)15-7-14(17(20)21)8-16(9-15)23-10-13-5-3-2-4-6-13/h2-9,11,22H,10,12H2,1H3,(H,20,21). The monoisotopic (exact) mass is 362 g/mol. The number of aldehydes is 1. The average Bonchev–Trinajstić information content (AvgIpc) is 2.65. The van der Waals surface area contributed by atoms with E-state index in [-0.39, 0.29) is 35.7 Å². The van der Waals surface area contributed by atoms with Crippen LogP contribution in [-0.2, 0) is 21.9 Å². The molecule has 0 spiro atoms. The molecule has 2 aromatic carbocycles. The number of carbonyl (C=O) groups excluding carboxylic acids is 1. The number of aliphatic hydroxyl groups is 1. The summed E-state index contributed by atoms with van der Waals surface area (Å²) in [5.74, 6) is -3.16. The number of aromatic carboxylic acids is 1. The SMILES string of the molecule is CSCOC(O)(C=O)c1cc(OCc2ccccc2)cc(C(=O)O)c1. The molecule has 0 aliphatic rings. The molecule has 2 aromatic rings. The highest BCUT2D eigenvalue weighted by Crippen LogP contribution is 2.28. The first-order valence-electron chi connectivity index (χ1n) is 7.35. The van der Waals surface area contributed by atoms with Crippen molar-refractivity contribution in [2.75, 3.05) is 12.2 Å². The first-order chi connectivity index (χ1) is 12.0. The highest BCUT2D eigenvalue weighted by Gasteiger charge is 2.31. The van der Waals surface area contributed by atoms with E-state index in [1.807, 2.05) is 30.3 Å². The molecule has 7 heteroatoms. The van der Waals surface area contributed by atoms with E-state index in [4.69, 9.17) is 9.47 Å². The van der Waals surface area contributed by atoms with Crippen molar-refractivity contribution in [3.63, 3.8) is 0 Å². The molecule has 0 fully saturated rings. The van der Waals surface area contributed by atoms with Crippen LogP contribution in [0.1, 0.15) is 21.5 Å². The Bertz CT molecular complexity index is 734. The van der Waals surface area contributed by atoms with Gasteiger partial charge in [0.2, 0.25) is 0 Å². The Balaban J connectivity index is 2.32. The molecule has 25 heavy (non-hydrogen) atoms. The number of ether oxygens (including phenoxy) is 2. The van der Waals surface area contributed by atoms with E-state index in [1.54, 1.807) is 6.26 Å². The largest absolute Gasteiger partial charge is 0.489 e. The van der Waals surface area contributed by atoms with E-state index in [0.29, 0.717) is 0 Å². The molecule has 132 valence electrons. The van der Waals surface area contributed by atoms with Crippen LogP contribution in [0.3, 0.4) is 0 Å². The van der Waals surface area contributed by atoms with Gasteiger partial charge in [-0.25, -0.2) is 4.79 Å². The van der Waals surface area contributed by atoms with Crippen molar-refractivity contribution in [3.8, 4) is 5.75 Å². The van der Waals surface area contributed by atoms with Gasteiger partial charge in [0, 0.05) is 5.56 Å². The van der Waals surface area contributed by atoms with Crippen molar-refractivity contribution in [2.45, 2.75) is 12.4 Å². The van der Waals surface area contributed by atoms with Gasteiger partial charge >= 0.3 is 5.97 Å². The van der Waals surface area contributed by atoms with E-state index < -0.39 is 11.8 Å². The number of thioether (sulfide) groups is 1. The van der Waals surface area contributed by atoms with Crippen LogP contribution in [0.2, 0.25) is 0 Å². The van der Waals surface area contributed by atoms with Crippen LogP contribution in [0.15, 0.2) is 48.5 Å². The van der Waals surface area contributed by atoms with Crippen LogP contribution in [-0.4, -0.2) is 34.7 Å². The Kier molecular flexibility index (Phi) is 6.58. The fraction of sp³-hybridized carbons (Fsp3) is 0.222. The van der Waals surface area contributed by atoms with Gasteiger partial charge in [-0.3, -0.25) is 4.79 Å². The number of carboxylic acids is 1. The Hall–Kier alpha value is -2.35. The van der Waals surface area contributed by atoms with Crippen LogP contribution < -0.4 is 4.74 Å². The molecule has 1 unspecified atom stereocenters. The minimum Gasteiger partial charge on any atom is -0.489 e. The Morgan fingerprint density at radius 2 is 1.96 bits per heavy atom. The van der Waals surface area contributed by atoms with Crippen molar-refractivity contribution >= 4 is 24.0 Å². The van der Waals surface area contributed by atoms with Gasteiger partial charge < -0.3 is 19.7 Å². The van der Waals surface area contributed by atoms with Crippen LogP contribution in [0, 0.1) is 0 Å². The maximum Gasteiger partial charge on any atom is 0.335 e. The van der Waals surface area contributed by atoms with Gasteiger partial charge in [0.25, 0.3) is 5.79 Å². The third kappa shape index (κ3) is 5.06. The van der Waals surface area contributed by atoms with Gasteiger partial charge in [-0.15, -0.1) is 11.8 Å². The summed E-state index contributed by atoms with van der Waals surface area (Å²) in [5.41, 5.74) is 0.780. The quantitative estimate of drug-likeness (QED) is 0.523. The van der Waals surface area contributed by atoms with Crippen molar-refractivity contribution < 1.29 is 29.3 Å². The summed E-state index contributed by atoms with van der Waals surface area (Å²) in [6.45, 7) is 0.217. The minimum atomic E-state index is -2.24. The molecule has 2 rings (SSSR count). The van der Waals surface area contributed by atoms with Crippen molar-refractivity contribution in [1.82, 2.24) is 0 Å². The summed E-state index contributed by atoms with van der Waals surface area (Å²) in [5, 5.41) is 19.6. The lowest BCUT2D eigenvalue weighted by molar-refractivity contribution is -0.190. The molecule has 0 saturated heterocycles. The van der Waals surface area contributed by atoms with E-state index in [0.717, 1.165) is 5.56 Å². The predicted octanol–water partition coefficient (Wildman–Crippen LogP) is 2.64. The summed E-state index contributed by atoms with van der Waals surface area (Å²) in [7, 11) is 0. The topological polar surface area (TPSA) is 93.1 Å². The highest BCUT2D eigenvalue weighted by atomic mass is 32.2. The smallest absolute Gasteiger partial charge is 0.335 e. The number of benzene rings is 2. The van der Waals surface area contributed by atoms with E-state index in [1.165, 1.54) is 30.0 Å². The maximum atomic E-state index is 11.3. The number of rotatable bonds is 9. The van der Waals surface area contributed by atoms with Crippen molar-refractivity contribution in [1.29, 1.82) is 0 Å². The third-order valence-electron chi connectivity index (χ3n) is 3.37. The van der Waals surface area contributed by atoms with Crippen LogP contribution in [0.25, 0.3) is 0 Å². The molecule has 0 aliphatic heterocycles. The first-order valence-corrected chi connectivity index (χ1v) is 8.75. The van der Waals surface area contributed by atoms with Crippen molar-refractivity contribution in [2.24, 2.45) is 0 Å². The molecule has 2 N–H and O–H groups in total. The summed E-state index contributed by atoms with van der Waals surface area (Å²) in [4.78, 5) is 22.7. The molecule has 0 heterocycles. The van der Waals surface area contributed by atoms with E-state index in [2.05, 4.69) is 0 Å².